The van der Waals surface area contributed by atoms with Gasteiger partial charge < -0.3 is 39.9 Å². The zero-order valence-electron chi connectivity index (χ0n) is 40.9. The van der Waals surface area contributed by atoms with Crippen molar-refractivity contribution in [3.8, 4) is 51.0 Å². The van der Waals surface area contributed by atoms with Crippen molar-refractivity contribution >= 4 is 24.0 Å². The van der Waals surface area contributed by atoms with Gasteiger partial charge in [0.15, 0.2) is 11.6 Å². The zero-order valence-corrected chi connectivity index (χ0v) is 40.9. The standard InChI is InChI=1S/C52H63N11O6/c1-30(2)42(57-50(66)68-8)48(64)61-26-10-12-40(61)44-53-28-38(55-44)32-14-18-34(19-15-32)46-59-60-47(63(46)37-24-22-36(23-25-37)52(5,6)7)35-20-16-33(17-21-35)39-29-54-45(56-39)41-13-11-27-62(41)49(65)43(31(3)4)58-51(67)69-9/h14-25,28-31,40-43H,10-13,26-27H2,1-9H3,(H,53,55)(H,54,56)(H,57,66)(H,58,67). The van der Waals surface area contributed by atoms with Gasteiger partial charge in [-0.15, -0.1) is 10.2 Å². The van der Waals surface area contributed by atoms with Crippen molar-refractivity contribution in [3.63, 3.8) is 0 Å². The van der Waals surface area contributed by atoms with Gasteiger partial charge in [0.05, 0.1) is 50.1 Å². The van der Waals surface area contributed by atoms with Crippen LogP contribution in [0.2, 0.25) is 0 Å². The summed E-state index contributed by atoms with van der Waals surface area (Å²) in [7, 11) is 2.58. The molecule has 0 bridgehead atoms. The van der Waals surface area contributed by atoms with Crippen LogP contribution in [0.25, 0.3) is 51.0 Å². The van der Waals surface area contributed by atoms with Crippen LogP contribution in [-0.4, -0.2) is 108 Å². The minimum Gasteiger partial charge on any atom is -0.453 e. The Hall–Kier alpha value is -7.30. The summed E-state index contributed by atoms with van der Waals surface area (Å²) >= 11 is 0. The topological polar surface area (TPSA) is 205 Å². The summed E-state index contributed by atoms with van der Waals surface area (Å²) in [5.41, 5.74) is 7.29. The molecular formula is C52H63N11O6. The van der Waals surface area contributed by atoms with Gasteiger partial charge in [-0.25, -0.2) is 19.6 Å². The number of carbonyl (C=O) groups is 4. The number of imidazole rings is 2. The highest BCUT2D eigenvalue weighted by Gasteiger charge is 2.39. The van der Waals surface area contributed by atoms with Gasteiger partial charge in [0, 0.05) is 29.9 Å². The Balaban J connectivity index is 1.04. The normalized spacial score (nSPS) is 17.0. The lowest BCUT2D eigenvalue weighted by atomic mass is 9.87. The second kappa shape index (κ2) is 20.1. The summed E-state index contributed by atoms with van der Waals surface area (Å²) in [5.74, 6) is 2.16. The van der Waals surface area contributed by atoms with Gasteiger partial charge in [-0.1, -0.05) is 109 Å². The van der Waals surface area contributed by atoms with Crippen LogP contribution in [-0.2, 0) is 24.5 Å². The molecule has 17 heteroatoms. The number of ether oxygens (including phenoxy) is 2. The van der Waals surface area contributed by atoms with Crippen molar-refractivity contribution < 1.29 is 28.7 Å². The molecule has 0 aliphatic carbocycles. The highest BCUT2D eigenvalue weighted by atomic mass is 16.5. The summed E-state index contributed by atoms with van der Waals surface area (Å²) in [4.78, 5) is 71.7. The molecule has 0 radical (unpaired) electrons. The number of nitrogens with zero attached hydrogens (tertiary/aromatic N) is 7. The number of benzene rings is 3. The molecule has 2 aliphatic rings. The highest BCUT2D eigenvalue weighted by molar-refractivity contribution is 5.87. The van der Waals surface area contributed by atoms with Gasteiger partial charge in [0.2, 0.25) is 11.8 Å². The van der Waals surface area contributed by atoms with E-state index in [1.54, 1.807) is 22.2 Å². The summed E-state index contributed by atoms with van der Waals surface area (Å²) in [6, 6.07) is 22.8. The van der Waals surface area contributed by atoms with Gasteiger partial charge in [0.1, 0.15) is 23.7 Å². The monoisotopic (exact) mass is 937 g/mol. The molecule has 2 fully saturated rings. The Morgan fingerprint density at radius 2 is 1.00 bits per heavy atom. The predicted molar refractivity (Wildman–Crippen MR) is 262 cm³/mol. The number of hydrogen-bond donors (Lipinski definition) is 4. The number of alkyl carbamates (subject to hydrolysis) is 2. The number of carbonyl (C=O) groups excluding carboxylic acids is 4. The molecule has 4 N–H and O–H groups in total. The molecule has 5 heterocycles. The van der Waals surface area contributed by atoms with Crippen LogP contribution in [0.4, 0.5) is 9.59 Å². The van der Waals surface area contributed by atoms with Crippen molar-refractivity contribution in [2.45, 2.75) is 104 Å². The van der Waals surface area contributed by atoms with E-state index in [0.29, 0.717) is 36.4 Å². The third-order valence-electron chi connectivity index (χ3n) is 13.2. The van der Waals surface area contributed by atoms with Gasteiger partial charge in [-0.2, -0.15) is 0 Å². The Morgan fingerprint density at radius 3 is 1.36 bits per heavy atom. The molecule has 8 rings (SSSR count). The number of nitrogens with one attached hydrogen (secondary N) is 4. The van der Waals surface area contributed by atoms with Crippen molar-refractivity contribution in [2.24, 2.45) is 11.8 Å². The fourth-order valence-electron chi connectivity index (χ4n) is 9.30. The summed E-state index contributed by atoms with van der Waals surface area (Å²) < 4.78 is 11.7. The third-order valence-corrected chi connectivity index (χ3v) is 13.2. The Labute approximate surface area is 402 Å². The average molecular weight is 938 g/mol. The first-order valence-corrected chi connectivity index (χ1v) is 23.7. The first-order valence-electron chi connectivity index (χ1n) is 23.7. The largest absolute Gasteiger partial charge is 0.453 e. The van der Waals surface area contributed by atoms with Crippen LogP contribution in [0.5, 0.6) is 0 Å². The fraction of sp³-hybridized carbons (Fsp3) is 0.423. The second-order valence-electron chi connectivity index (χ2n) is 19.6. The minimum atomic E-state index is -0.715. The average Bonchev–Trinajstić information content (AvgIpc) is 4.21. The highest BCUT2D eigenvalue weighted by Crippen LogP contribution is 2.36. The Kier molecular flexibility index (Phi) is 14.0. The number of rotatable bonds is 13. The number of aromatic amines is 2. The lowest BCUT2D eigenvalue weighted by Gasteiger charge is -2.30. The molecule has 0 spiro atoms. The van der Waals surface area contributed by atoms with E-state index in [-0.39, 0.29) is 41.1 Å². The molecule has 69 heavy (non-hydrogen) atoms. The molecular weight excluding hydrogens is 875 g/mol. The van der Waals surface area contributed by atoms with E-state index in [9.17, 15) is 19.2 Å². The molecule has 0 saturated carbocycles. The maximum Gasteiger partial charge on any atom is 0.407 e. The Bertz CT molecular complexity index is 2610. The van der Waals surface area contributed by atoms with Crippen LogP contribution in [0.3, 0.4) is 0 Å². The molecule has 2 saturated heterocycles. The molecule has 4 unspecified atom stereocenters. The van der Waals surface area contributed by atoms with Gasteiger partial charge >= 0.3 is 12.2 Å². The summed E-state index contributed by atoms with van der Waals surface area (Å²) in [5, 5.41) is 15.0. The van der Waals surface area contributed by atoms with Crippen LogP contribution in [0, 0.1) is 11.8 Å². The lowest BCUT2D eigenvalue weighted by Crippen LogP contribution is -2.51. The van der Waals surface area contributed by atoms with E-state index in [1.807, 2.05) is 76.2 Å². The van der Waals surface area contributed by atoms with E-state index in [4.69, 9.17) is 29.6 Å². The maximum atomic E-state index is 13.7. The molecule has 4 amide bonds. The Morgan fingerprint density at radius 1 is 0.609 bits per heavy atom. The van der Waals surface area contributed by atoms with E-state index in [1.165, 1.54) is 19.8 Å². The van der Waals surface area contributed by atoms with E-state index in [2.05, 4.69) is 70.2 Å². The van der Waals surface area contributed by atoms with Crippen molar-refractivity contribution in [1.29, 1.82) is 0 Å². The third kappa shape index (κ3) is 10.1. The molecule has 3 aromatic carbocycles. The predicted octanol–water partition coefficient (Wildman–Crippen LogP) is 8.77. The molecule has 2 aliphatic heterocycles. The molecule has 3 aromatic heterocycles. The van der Waals surface area contributed by atoms with Gasteiger partial charge in [0.25, 0.3) is 0 Å². The maximum absolute atomic E-state index is 13.7. The van der Waals surface area contributed by atoms with Crippen molar-refractivity contribution in [1.82, 2.24) is 55.1 Å². The van der Waals surface area contributed by atoms with Crippen LogP contribution in [0.15, 0.2) is 85.2 Å². The number of methoxy groups -OCH3 is 2. The molecule has 362 valence electrons. The van der Waals surface area contributed by atoms with Crippen LogP contribution < -0.4 is 10.6 Å². The van der Waals surface area contributed by atoms with Crippen LogP contribution >= 0.6 is 0 Å². The number of hydrogen-bond acceptors (Lipinski definition) is 10. The number of amides is 4. The zero-order chi connectivity index (χ0) is 49.1. The first kappa shape index (κ1) is 48.2. The summed E-state index contributed by atoms with van der Waals surface area (Å²) in [6.07, 6.45) is 5.47. The van der Waals surface area contributed by atoms with E-state index >= 15 is 0 Å². The second-order valence-corrected chi connectivity index (χ2v) is 19.6. The van der Waals surface area contributed by atoms with Crippen LogP contribution in [0.1, 0.15) is 103 Å². The molecule has 4 atom stereocenters. The SMILES string of the molecule is COC(=O)NC(C(=O)N1CCCC1c1ncc(-c2ccc(-c3nnc(-c4ccc(-c5cnc(C6CCCN6C(=O)C(NC(=O)OC)C(C)C)[nH]5)cc4)n3-c3ccc(C(C)(C)C)cc3)cc2)[nH]1)C(C)C. The lowest BCUT2D eigenvalue weighted by molar-refractivity contribution is -0.136. The quantitative estimate of drug-likeness (QED) is 0.0866. The summed E-state index contributed by atoms with van der Waals surface area (Å²) in [6.45, 7) is 15.3. The van der Waals surface area contributed by atoms with Crippen molar-refractivity contribution in [3.05, 3.63) is 102 Å². The molecule has 17 nitrogen and oxygen atoms in total. The van der Waals surface area contributed by atoms with Crippen molar-refractivity contribution in [2.75, 3.05) is 27.3 Å². The molecule has 6 aromatic rings. The van der Waals surface area contributed by atoms with Gasteiger partial charge in [-0.3, -0.25) is 14.2 Å². The minimum absolute atomic E-state index is 0.0320. The first-order chi connectivity index (χ1) is 33.1. The fourth-order valence-corrected chi connectivity index (χ4v) is 9.30. The number of likely N-dealkylation sites (tertiary alicyclic amines) is 2. The number of aromatic nitrogens is 7. The van der Waals surface area contributed by atoms with E-state index in [0.717, 1.165) is 65.0 Å². The van der Waals surface area contributed by atoms with Gasteiger partial charge in [-0.05, 0) is 71.8 Å². The van der Waals surface area contributed by atoms with E-state index < -0.39 is 24.3 Å². The smallest absolute Gasteiger partial charge is 0.407 e. The number of H-pyrrole nitrogens is 2.